The third-order valence-corrected chi connectivity index (χ3v) is 6.17. The molecule has 0 saturated carbocycles. The van der Waals surface area contributed by atoms with Crippen molar-refractivity contribution in [1.82, 2.24) is 15.0 Å². The first kappa shape index (κ1) is 22.4. The predicted octanol–water partition coefficient (Wildman–Crippen LogP) is 3.09. The zero-order valence-corrected chi connectivity index (χ0v) is 18.7. The molecule has 0 spiro atoms. The van der Waals surface area contributed by atoms with E-state index < -0.39 is 6.04 Å². The summed E-state index contributed by atoms with van der Waals surface area (Å²) in [6.07, 6.45) is 0.443. The maximum Gasteiger partial charge on any atom is 0.248 e. The Morgan fingerprint density at radius 2 is 2.00 bits per heavy atom. The number of methoxy groups -OCH3 is 1. The average molecular weight is 464 g/mol. The van der Waals surface area contributed by atoms with Crippen molar-refractivity contribution in [3.05, 3.63) is 60.0 Å². The molecule has 1 saturated heterocycles. The number of nitrogens with one attached hydrogen (secondary N) is 1. The topological polar surface area (TPSA) is 121 Å². The van der Waals surface area contributed by atoms with Gasteiger partial charge in [0.15, 0.2) is 0 Å². The second-order valence-electron chi connectivity index (χ2n) is 7.30. The summed E-state index contributed by atoms with van der Waals surface area (Å²) in [6.45, 7) is 0. The van der Waals surface area contributed by atoms with Crippen LogP contribution < -0.4 is 10.1 Å². The number of thioether (sulfide) groups is 1. The summed E-state index contributed by atoms with van der Waals surface area (Å²) in [5, 5.41) is 15.7. The average Bonchev–Trinajstić information content (AvgIpc) is 3.53. The van der Waals surface area contributed by atoms with E-state index in [0.29, 0.717) is 34.6 Å². The number of rotatable bonds is 7. The van der Waals surface area contributed by atoms with Gasteiger partial charge in [0.05, 0.1) is 24.6 Å². The second kappa shape index (κ2) is 10.2. The number of hydrogen-bond acceptors (Lipinski definition) is 8. The fourth-order valence-electron chi connectivity index (χ4n) is 3.33. The lowest BCUT2D eigenvalue weighted by Gasteiger charge is -2.23. The molecule has 1 N–H and O–H groups in total. The Morgan fingerprint density at radius 1 is 1.24 bits per heavy atom. The summed E-state index contributed by atoms with van der Waals surface area (Å²) >= 11 is 1.53. The van der Waals surface area contributed by atoms with Crippen LogP contribution in [0.5, 0.6) is 5.75 Å². The van der Waals surface area contributed by atoms with Crippen LogP contribution >= 0.6 is 11.8 Å². The molecule has 2 amide bonds. The lowest BCUT2D eigenvalue weighted by Crippen LogP contribution is -2.44. The lowest BCUT2D eigenvalue weighted by molar-refractivity contribution is -0.136. The molecule has 1 aliphatic heterocycles. The highest BCUT2D eigenvalue weighted by atomic mass is 32.2. The van der Waals surface area contributed by atoms with Crippen LogP contribution in [0.3, 0.4) is 0 Å². The fraction of sp³-hybridized carbons (Fsp3) is 0.261. The second-order valence-corrected chi connectivity index (χ2v) is 8.30. The van der Waals surface area contributed by atoms with Crippen LogP contribution in [0.15, 0.2) is 53.1 Å². The normalized spacial score (nSPS) is 15.2. The molecule has 168 valence electrons. The van der Waals surface area contributed by atoms with E-state index in [1.54, 1.807) is 36.3 Å². The third-order valence-electron chi connectivity index (χ3n) is 5.16. The Morgan fingerprint density at radius 3 is 2.70 bits per heavy atom. The van der Waals surface area contributed by atoms with Crippen molar-refractivity contribution < 1.29 is 18.8 Å². The van der Waals surface area contributed by atoms with Gasteiger partial charge >= 0.3 is 0 Å². The first-order valence-corrected chi connectivity index (χ1v) is 11.4. The van der Waals surface area contributed by atoms with Crippen molar-refractivity contribution in [3.63, 3.8) is 0 Å². The van der Waals surface area contributed by atoms with E-state index in [4.69, 9.17) is 14.5 Å². The number of hydrogen-bond donors (Lipinski definition) is 1. The Bertz CT molecular complexity index is 1170. The van der Waals surface area contributed by atoms with Crippen LogP contribution in [0.25, 0.3) is 11.4 Å². The van der Waals surface area contributed by atoms with Gasteiger partial charge in [0.25, 0.3) is 0 Å². The van der Waals surface area contributed by atoms with E-state index in [2.05, 4.69) is 15.5 Å². The highest BCUT2D eigenvalue weighted by molar-refractivity contribution is 7.99. The van der Waals surface area contributed by atoms with Gasteiger partial charge in [-0.3, -0.25) is 9.59 Å². The van der Waals surface area contributed by atoms with Crippen molar-refractivity contribution in [3.8, 4) is 23.2 Å². The van der Waals surface area contributed by atoms with Gasteiger partial charge in [-0.2, -0.15) is 10.2 Å². The molecular weight excluding hydrogens is 442 g/mol. The number of anilines is 1. The van der Waals surface area contributed by atoms with Gasteiger partial charge in [-0.05, 0) is 48.5 Å². The zero-order valence-electron chi connectivity index (χ0n) is 17.9. The van der Waals surface area contributed by atoms with Crippen LogP contribution in [0, 0.1) is 11.3 Å². The highest BCUT2D eigenvalue weighted by Gasteiger charge is 2.34. The molecule has 2 aromatic carbocycles. The van der Waals surface area contributed by atoms with E-state index >= 15 is 0 Å². The number of carbonyl (C=O) groups is 2. The Hall–Kier alpha value is -3.84. The van der Waals surface area contributed by atoms with Crippen molar-refractivity contribution in [1.29, 1.82) is 5.26 Å². The summed E-state index contributed by atoms with van der Waals surface area (Å²) in [5.74, 6) is 2.11. The van der Waals surface area contributed by atoms with Crippen molar-refractivity contribution in [2.45, 2.75) is 18.9 Å². The van der Waals surface area contributed by atoms with Gasteiger partial charge in [-0.1, -0.05) is 5.16 Å². The Labute approximate surface area is 194 Å². The van der Waals surface area contributed by atoms with Crippen molar-refractivity contribution >= 4 is 29.3 Å². The van der Waals surface area contributed by atoms with Crippen LogP contribution in [-0.4, -0.2) is 51.6 Å². The quantitative estimate of drug-likeness (QED) is 0.567. The van der Waals surface area contributed by atoms with Crippen molar-refractivity contribution in [2.75, 3.05) is 24.1 Å². The smallest absolute Gasteiger partial charge is 0.248 e. The summed E-state index contributed by atoms with van der Waals surface area (Å²) in [5.41, 5.74) is 1.88. The van der Waals surface area contributed by atoms with Crippen LogP contribution in [-0.2, 0) is 16.0 Å². The molecule has 4 rings (SSSR count). The SMILES string of the molecule is COc1ccc(-c2noc(CCC(=O)N3CSCC3C(=O)Nc3ccc(C#N)cc3)n2)cc1. The van der Waals surface area contributed by atoms with E-state index in [1.165, 1.54) is 11.8 Å². The van der Waals surface area contributed by atoms with Crippen molar-refractivity contribution in [2.24, 2.45) is 0 Å². The van der Waals surface area contributed by atoms with Gasteiger partial charge in [0, 0.05) is 29.8 Å². The Kier molecular flexibility index (Phi) is 6.90. The number of benzene rings is 2. The van der Waals surface area contributed by atoms with E-state index in [-0.39, 0.29) is 24.7 Å². The minimum absolute atomic E-state index is 0.149. The first-order chi connectivity index (χ1) is 16.1. The van der Waals surface area contributed by atoms with Crippen LogP contribution in [0.4, 0.5) is 5.69 Å². The van der Waals surface area contributed by atoms with E-state index in [9.17, 15) is 9.59 Å². The monoisotopic (exact) mass is 463 g/mol. The number of aromatic nitrogens is 2. The molecule has 1 fully saturated rings. The maximum atomic E-state index is 12.8. The summed E-state index contributed by atoms with van der Waals surface area (Å²) in [4.78, 5) is 31.5. The molecule has 0 bridgehead atoms. The van der Waals surface area contributed by atoms with Gasteiger partial charge in [0.1, 0.15) is 11.8 Å². The highest BCUT2D eigenvalue weighted by Crippen LogP contribution is 2.24. The molecule has 0 radical (unpaired) electrons. The predicted molar refractivity (Wildman–Crippen MR) is 122 cm³/mol. The van der Waals surface area contributed by atoms with Gasteiger partial charge in [-0.15, -0.1) is 11.8 Å². The molecular formula is C23H21N5O4S. The number of aryl methyl sites for hydroxylation is 1. The molecule has 2 heterocycles. The minimum Gasteiger partial charge on any atom is -0.497 e. The first-order valence-electron chi connectivity index (χ1n) is 10.2. The molecule has 1 unspecified atom stereocenters. The number of nitriles is 1. The van der Waals surface area contributed by atoms with Gasteiger partial charge in [-0.25, -0.2) is 0 Å². The number of ether oxygens (including phenoxy) is 1. The summed E-state index contributed by atoms with van der Waals surface area (Å²) in [7, 11) is 1.60. The molecule has 1 aliphatic rings. The molecule has 9 nitrogen and oxygen atoms in total. The number of carbonyl (C=O) groups excluding carboxylic acids is 2. The van der Waals surface area contributed by atoms with Gasteiger partial charge < -0.3 is 19.5 Å². The zero-order chi connectivity index (χ0) is 23.2. The summed E-state index contributed by atoms with van der Waals surface area (Å²) < 4.78 is 10.4. The lowest BCUT2D eigenvalue weighted by atomic mass is 10.2. The molecule has 0 aliphatic carbocycles. The largest absolute Gasteiger partial charge is 0.497 e. The standard InChI is InChI=1S/C23H21N5O4S/c1-31-18-8-4-16(5-9-18)22-26-20(32-27-22)10-11-21(29)28-14-33-13-19(28)23(30)25-17-6-2-15(12-24)3-7-17/h2-9,19H,10-11,13-14H2,1H3,(H,25,30). The molecule has 1 atom stereocenters. The molecule has 1 aromatic heterocycles. The number of nitrogens with zero attached hydrogens (tertiary/aromatic N) is 4. The molecule has 10 heteroatoms. The molecule has 3 aromatic rings. The maximum absolute atomic E-state index is 12.8. The van der Waals surface area contributed by atoms with E-state index in [1.807, 2.05) is 30.3 Å². The van der Waals surface area contributed by atoms with Crippen LogP contribution in [0.1, 0.15) is 17.9 Å². The Balaban J connectivity index is 1.33. The van der Waals surface area contributed by atoms with Gasteiger partial charge in [0.2, 0.25) is 23.5 Å². The minimum atomic E-state index is -0.560. The summed E-state index contributed by atoms with van der Waals surface area (Å²) in [6, 6.07) is 15.4. The fourth-order valence-corrected chi connectivity index (χ4v) is 4.51. The molecule has 33 heavy (non-hydrogen) atoms. The van der Waals surface area contributed by atoms with Crippen LogP contribution in [0.2, 0.25) is 0 Å². The third kappa shape index (κ3) is 5.32. The van der Waals surface area contributed by atoms with E-state index in [0.717, 1.165) is 11.3 Å². The number of amides is 2.